The number of primary amides is 1. The standard InChI is InChI=1S/C19H16N6O4/c1-29-11-6-4-5-10(9-11)25-17-15(23-19(25)28)14(16(20)27)22-18(24-17)21-12-7-2-3-8-13(12)26/h2-9,26H,1H3,(H2,20,27)(H,23,28)(H,21,22,24). The summed E-state index contributed by atoms with van der Waals surface area (Å²) in [5.41, 5.74) is 5.82. The Morgan fingerprint density at radius 2 is 2.00 bits per heavy atom. The lowest BCUT2D eigenvalue weighted by atomic mass is 10.3. The summed E-state index contributed by atoms with van der Waals surface area (Å²) in [7, 11) is 1.51. The lowest BCUT2D eigenvalue weighted by Crippen LogP contribution is -2.16. The van der Waals surface area contributed by atoms with E-state index in [1.165, 1.54) is 17.7 Å². The largest absolute Gasteiger partial charge is 0.506 e. The van der Waals surface area contributed by atoms with E-state index >= 15 is 0 Å². The highest BCUT2D eigenvalue weighted by molar-refractivity contribution is 6.02. The molecule has 0 saturated heterocycles. The Kier molecular flexibility index (Phi) is 4.36. The summed E-state index contributed by atoms with van der Waals surface area (Å²) in [6.45, 7) is 0. The number of nitrogens with zero attached hydrogens (tertiary/aromatic N) is 3. The van der Waals surface area contributed by atoms with Crippen LogP contribution in [0.5, 0.6) is 11.5 Å². The fraction of sp³-hybridized carbons (Fsp3) is 0.0526. The number of para-hydroxylation sites is 2. The summed E-state index contributed by atoms with van der Waals surface area (Å²) >= 11 is 0. The van der Waals surface area contributed by atoms with Crippen LogP contribution in [0.2, 0.25) is 0 Å². The minimum Gasteiger partial charge on any atom is -0.506 e. The first-order valence-corrected chi connectivity index (χ1v) is 8.50. The number of nitrogens with two attached hydrogens (primary N) is 1. The zero-order chi connectivity index (χ0) is 20.5. The van der Waals surface area contributed by atoms with Crippen molar-refractivity contribution in [2.45, 2.75) is 0 Å². The highest BCUT2D eigenvalue weighted by atomic mass is 16.5. The first-order valence-electron chi connectivity index (χ1n) is 8.50. The van der Waals surface area contributed by atoms with Gasteiger partial charge in [0.05, 0.1) is 18.5 Å². The SMILES string of the molecule is COc1cccc(-n2c(=O)[nH]c3c(C(N)=O)nc(Nc4ccccc4O)nc32)c1. The molecule has 0 aliphatic carbocycles. The van der Waals surface area contributed by atoms with Crippen LogP contribution >= 0.6 is 0 Å². The van der Waals surface area contributed by atoms with Crippen molar-refractivity contribution < 1.29 is 14.6 Å². The zero-order valence-corrected chi connectivity index (χ0v) is 15.2. The number of fused-ring (bicyclic) bond motifs is 1. The van der Waals surface area contributed by atoms with Crippen molar-refractivity contribution in [3.8, 4) is 17.2 Å². The van der Waals surface area contributed by atoms with Crippen LogP contribution in [0, 0.1) is 0 Å². The summed E-state index contributed by atoms with van der Waals surface area (Å²) < 4.78 is 6.49. The summed E-state index contributed by atoms with van der Waals surface area (Å²) in [6.07, 6.45) is 0. The zero-order valence-electron chi connectivity index (χ0n) is 15.2. The molecule has 4 rings (SSSR count). The Bertz CT molecular complexity index is 1290. The fourth-order valence-corrected chi connectivity index (χ4v) is 2.91. The van der Waals surface area contributed by atoms with Crippen molar-refractivity contribution in [2.75, 3.05) is 12.4 Å². The number of hydrogen-bond acceptors (Lipinski definition) is 7. The van der Waals surface area contributed by atoms with Gasteiger partial charge in [-0.05, 0) is 24.3 Å². The number of ether oxygens (including phenoxy) is 1. The van der Waals surface area contributed by atoms with Crippen molar-refractivity contribution in [3.05, 3.63) is 64.7 Å². The van der Waals surface area contributed by atoms with E-state index in [0.717, 1.165) is 0 Å². The Hall–Kier alpha value is -4.34. The monoisotopic (exact) mass is 392 g/mol. The van der Waals surface area contributed by atoms with Crippen LogP contribution < -0.4 is 21.5 Å². The molecule has 0 atom stereocenters. The molecule has 0 aliphatic rings. The lowest BCUT2D eigenvalue weighted by molar-refractivity contribution is 0.0997. The molecule has 0 bridgehead atoms. The van der Waals surface area contributed by atoms with Gasteiger partial charge < -0.3 is 25.9 Å². The molecule has 5 N–H and O–H groups in total. The molecule has 0 unspecified atom stereocenters. The number of imidazole rings is 1. The predicted octanol–water partition coefficient (Wildman–Crippen LogP) is 1.67. The Morgan fingerprint density at radius 1 is 1.21 bits per heavy atom. The summed E-state index contributed by atoms with van der Waals surface area (Å²) in [5.74, 6) is -0.336. The third kappa shape index (κ3) is 3.23. The number of H-pyrrole nitrogens is 1. The maximum Gasteiger partial charge on any atom is 0.332 e. The smallest absolute Gasteiger partial charge is 0.332 e. The van der Waals surface area contributed by atoms with Gasteiger partial charge >= 0.3 is 5.69 Å². The number of hydrogen-bond donors (Lipinski definition) is 4. The average molecular weight is 392 g/mol. The number of carbonyl (C=O) groups is 1. The van der Waals surface area contributed by atoms with Crippen molar-refractivity contribution in [2.24, 2.45) is 5.73 Å². The van der Waals surface area contributed by atoms with Gasteiger partial charge in [-0.3, -0.25) is 4.79 Å². The number of rotatable bonds is 5. The van der Waals surface area contributed by atoms with Gasteiger partial charge in [-0.2, -0.15) is 4.98 Å². The number of carbonyl (C=O) groups excluding carboxylic acids is 1. The number of aromatic nitrogens is 4. The van der Waals surface area contributed by atoms with Crippen LogP contribution in [-0.2, 0) is 0 Å². The van der Waals surface area contributed by atoms with E-state index in [-0.39, 0.29) is 28.6 Å². The van der Waals surface area contributed by atoms with E-state index in [4.69, 9.17) is 10.5 Å². The van der Waals surface area contributed by atoms with E-state index in [0.29, 0.717) is 17.1 Å². The number of aromatic hydroxyl groups is 1. The first kappa shape index (κ1) is 18.0. The highest BCUT2D eigenvalue weighted by Gasteiger charge is 2.20. The highest BCUT2D eigenvalue weighted by Crippen LogP contribution is 2.26. The van der Waals surface area contributed by atoms with Gasteiger partial charge in [0.15, 0.2) is 11.3 Å². The summed E-state index contributed by atoms with van der Waals surface area (Å²) in [4.78, 5) is 35.6. The second-order valence-electron chi connectivity index (χ2n) is 6.07. The number of aromatic amines is 1. The Balaban J connectivity index is 1.95. The molecular weight excluding hydrogens is 376 g/mol. The number of amides is 1. The quantitative estimate of drug-likeness (QED) is 0.378. The molecule has 0 saturated carbocycles. The summed E-state index contributed by atoms with van der Waals surface area (Å²) in [5, 5.41) is 12.8. The molecule has 4 aromatic rings. The lowest BCUT2D eigenvalue weighted by Gasteiger charge is -2.09. The fourth-order valence-electron chi connectivity index (χ4n) is 2.91. The van der Waals surface area contributed by atoms with Gasteiger partial charge in [-0.1, -0.05) is 18.2 Å². The van der Waals surface area contributed by atoms with Crippen molar-refractivity contribution in [1.82, 2.24) is 19.5 Å². The number of phenolic OH excluding ortho intramolecular Hbond substituents is 1. The molecule has 0 radical (unpaired) electrons. The third-order valence-corrected chi connectivity index (χ3v) is 4.23. The van der Waals surface area contributed by atoms with Crippen LogP contribution in [-0.4, -0.2) is 37.6 Å². The molecule has 2 heterocycles. The molecule has 0 fully saturated rings. The Labute approximate surface area is 163 Å². The van der Waals surface area contributed by atoms with Gasteiger partial charge in [-0.25, -0.2) is 14.3 Å². The van der Waals surface area contributed by atoms with Gasteiger partial charge in [-0.15, -0.1) is 0 Å². The second kappa shape index (κ2) is 7.00. The first-order chi connectivity index (χ1) is 14.0. The molecule has 29 heavy (non-hydrogen) atoms. The molecule has 1 amide bonds. The molecule has 2 aromatic carbocycles. The van der Waals surface area contributed by atoms with Crippen molar-refractivity contribution >= 4 is 28.7 Å². The van der Waals surface area contributed by atoms with Crippen molar-refractivity contribution in [3.63, 3.8) is 0 Å². The number of phenols is 1. The average Bonchev–Trinajstić information content (AvgIpc) is 3.04. The van der Waals surface area contributed by atoms with Crippen LogP contribution in [0.4, 0.5) is 11.6 Å². The minimum atomic E-state index is -0.836. The predicted molar refractivity (Wildman–Crippen MR) is 106 cm³/mol. The Morgan fingerprint density at radius 3 is 2.72 bits per heavy atom. The second-order valence-corrected chi connectivity index (χ2v) is 6.07. The molecular formula is C19H16N6O4. The van der Waals surface area contributed by atoms with E-state index in [9.17, 15) is 14.7 Å². The number of benzene rings is 2. The summed E-state index contributed by atoms with van der Waals surface area (Å²) in [6, 6.07) is 13.3. The van der Waals surface area contributed by atoms with E-state index in [2.05, 4.69) is 20.3 Å². The number of anilines is 2. The van der Waals surface area contributed by atoms with Crippen molar-refractivity contribution in [1.29, 1.82) is 0 Å². The van der Waals surface area contributed by atoms with Crippen LogP contribution in [0.3, 0.4) is 0 Å². The number of nitrogens with one attached hydrogen (secondary N) is 2. The van der Waals surface area contributed by atoms with Gasteiger partial charge in [0.25, 0.3) is 5.91 Å². The van der Waals surface area contributed by atoms with Crippen LogP contribution in [0.15, 0.2) is 53.3 Å². The maximum atomic E-state index is 12.6. The molecule has 10 nitrogen and oxygen atoms in total. The van der Waals surface area contributed by atoms with Gasteiger partial charge in [0.2, 0.25) is 5.95 Å². The minimum absolute atomic E-state index is 0.0107. The molecule has 0 aliphatic heterocycles. The third-order valence-electron chi connectivity index (χ3n) is 4.23. The topological polar surface area (TPSA) is 148 Å². The van der Waals surface area contributed by atoms with Crippen LogP contribution in [0.25, 0.3) is 16.9 Å². The van der Waals surface area contributed by atoms with E-state index in [1.807, 2.05) is 0 Å². The van der Waals surface area contributed by atoms with Gasteiger partial charge in [0, 0.05) is 6.07 Å². The molecule has 10 heteroatoms. The van der Waals surface area contributed by atoms with E-state index in [1.54, 1.807) is 42.5 Å². The normalized spacial score (nSPS) is 10.8. The maximum absolute atomic E-state index is 12.6. The van der Waals surface area contributed by atoms with E-state index < -0.39 is 11.6 Å². The molecule has 146 valence electrons. The van der Waals surface area contributed by atoms with Crippen LogP contribution in [0.1, 0.15) is 10.5 Å². The molecule has 2 aromatic heterocycles. The number of methoxy groups -OCH3 is 1. The van der Waals surface area contributed by atoms with Gasteiger partial charge in [0.1, 0.15) is 17.0 Å². The molecule has 0 spiro atoms.